The highest BCUT2D eigenvalue weighted by Crippen LogP contribution is 2.29. The molecule has 0 spiro atoms. The Morgan fingerprint density at radius 2 is 2.00 bits per heavy atom. The van der Waals surface area contributed by atoms with Gasteiger partial charge >= 0.3 is 0 Å². The molecular weight excluding hydrogens is 198 g/mol. The number of ether oxygens (including phenoxy) is 3. The van der Waals surface area contributed by atoms with Gasteiger partial charge in [-0.05, 0) is 13.8 Å². The van der Waals surface area contributed by atoms with E-state index >= 15 is 0 Å². The number of methoxy groups -OCH3 is 2. The Labute approximate surface area is 90.5 Å². The lowest BCUT2D eigenvalue weighted by Crippen LogP contribution is -2.66. The van der Waals surface area contributed by atoms with E-state index in [0.717, 1.165) is 0 Å². The van der Waals surface area contributed by atoms with Crippen LogP contribution in [0.5, 0.6) is 0 Å². The molecule has 4 atom stereocenters. The first kappa shape index (κ1) is 12.9. The molecule has 1 aliphatic heterocycles. The number of hydrogen-bond acceptors (Lipinski definition) is 5. The average molecular weight is 219 g/mol. The van der Waals surface area contributed by atoms with E-state index in [0.29, 0.717) is 6.61 Å². The molecule has 5 nitrogen and oxygen atoms in total. The van der Waals surface area contributed by atoms with Crippen molar-refractivity contribution < 1.29 is 19.3 Å². The van der Waals surface area contributed by atoms with E-state index < -0.39 is 23.9 Å². The summed E-state index contributed by atoms with van der Waals surface area (Å²) in [5.74, 6) is 0. The van der Waals surface area contributed by atoms with E-state index in [1.54, 1.807) is 14.2 Å². The van der Waals surface area contributed by atoms with Crippen molar-refractivity contribution in [1.29, 1.82) is 0 Å². The van der Waals surface area contributed by atoms with Crippen LogP contribution in [0, 0.1) is 0 Å². The van der Waals surface area contributed by atoms with E-state index in [4.69, 9.17) is 19.9 Å². The highest BCUT2D eigenvalue weighted by atomic mass is 16.6. The van der Waals surface area contributed by atoms with Gasteiger partial charge in [0.1, 0.15) is 18.3 Å². The van der Waals surface area contributed by atoms with Gasteiger partial charge in [0.25, 0.3) is 0 Å². The molecule has 1 heterocycles. The van der Waals surface area contributed by atoms with Crippen LogP contribution in [0.4, 0.5) is 0 Å². The third kappa shape index (κ3) is 2.49. The fourth-order valence-electron chi connectivity index (χ4n) is 1.94. The van der Waals surface area contributed by atoms with Gasteiger partial charge in [-0.2, -0.15) is 0 Å². The van der Waals surface area contributed by atoms with Crippen LogP contribution in [0.15, 0.2) is 0 Å². The van der Waals surface area contributed by atoms with Crippen molar-refractivity contribution in [2.75, 3.05) is 20.8 Å². The van der Waals surface area contributed by atoms with Crippen LogP contribution in [0.25, 0.3) is 0 Å². The molecule has 0 amide bonds. The first-order chi connectivity index (χ1) is 6.94. The van der Waals surface area contributed by atoms with Crippen molar-refractivity contribution in [3.63, 3.8) is 0 Å². The molecule has 4 unspecified atom stereocenters. The summed E-state index contributed by atoms with van der Waals surface area (Å²) in [7, 11) is 3.11. The van der Waals surface area contributed by atoms with Crippen molar-refractivity contribution in [3.8, 4) is 0 Å². The zero-order chi connectivity index (χ0) is 11.6. The Morgan fingerprint density at radius 1 is 1.40 bits per heavy atom. The Morgan fingerprint density at radius 3 is 2.47 bits per heavy atom. The van der Waals surface area contributed by atoms with Crippen LogP contribution in [-0.4, -0.2) is 55.9 Å². The predicted molar refractivity (Wildman–Crippen MR) is 55.6 cm³/mol. The minimum Gasteiger partial charge on any atom is -0.388 e. The van der Waals surface area contributed by atoms with Gasteiger partial charge in [0.2, 0.25) is 0 Å². The summed E-state index contributed by atoms with van der Waals surface area (Å²) >= 11 is 0. The first-order valence-corrected chi connectivity index (χ1v) is 5.07. The van der Waals surface area contributed by atoms with E-state index in [1.165, 1.54) is 0 Å². The standard InChI is InChI=1S/C10H21NO4/c1-10(2)9(11)8(14-4)7(12)6(15-10)5-13-3/h6-9,12H,5,11H2,1-4H3. The summed E-state index contributed by atoms with van der Waals surface area (Å²) < 4.78 is 15.9. The molecule has 1 aliphatic rings. The lowest BCUT2D eigenvalue weighted by Gasteiger charge is -2.47. The second kappa shape index (κ2) is 4.76. The fourth-order valence-corrected chi connectivity index (χ4v) is 1.94. The molecule has 0 aromatic carbocycles. The molecular formula is C10H21NO4. The van der Waals surface area contributed by atoms with Crippen molar-refractivity contribution in [2.24, 2.45) is 5.73 Å². The minimum absolute atomic E-state index is 0.331. The highest BCUT2D eigenvalue weighted by Gasteiger charge is 2.47. The lowest BCUT2D eigenvalue weighted by atomic mass is 9.86. The molecule has 3 N–H and O–H groups in total. The lowest BCUT2D eigenvalue weighted by molar-refractivity contribution is -0.229. The number of aliphatic hydroxyl groups excluding tert-OH is 1. The Balaban J connectivity index is 2.80. The quantitative estimate of drug-likeness (QED) is 0.670. The van der Waals surface area contributed by atoms with Gasteiger partial charge in [-0.15, -0.1) is 0 Å². The summed E-state index contributed by atoms with van der Waals surface area (Å²) in [6.07, 6.45) is -1.57. The number of aliphatic hydroxyl groups is 1. The van der Waals surface area contributed by atoms with Crippen LogP contribution in [0.3, 0.4) is 0 Å². The molecule has 0 saturated carbocycles. The fraction of sp³-hybridized carbons (Fsp3) is 1.00. The molecule has 5 heteroatoms. The molecule has 0 bridgehead atoms. The molecule has 1 rings (SSSR count). The van der Waals surface area contributed by atoms with Crippen molar-refractivity contribution >= 4 is 0 Å². The molecule has 0 aliphatic carbocycles. The summed E-state index contributed by atoms with van der Waals surface area (Å²) in [6.45, 7) is 4.10. The Bertz CT molecular complexity index is 210. The second-order valence-corrected chi connectivity index (χ2v) is 4.43. The highest BCUT2D eigenvalue weighted by molar-refractivity contribution is 5.00. The van der Waals surface area contributed by atoms with Gasteiger partial charge in [0.15, 0.2) is 0 Å². The third-order valence-electron chi connectivity index (χ3n) is 2.93. The van der Waals surface area contributed by atoms with E-state index in [1.807, 2.05) is 13.8 Å². The summed E-state index contributed by atoms with van der Waals surface area (Å²) in [5, 5.41) is 9.95. The van der Waals surface area contributed by atoms with E-state index in [2.05, 4.69) is 0 Å². The Hall–Kier alpha value is -0.200. The van der Waals surface area contributed by atoms with Gasteiger partial charge < -0.3 is 25.1 Å². The van der Waals surface area contributed by atoms with Crippen molar-refractivity contribution in [3.05, 3.63) is 0 Å². The number of nitrogens with two attached hydrogens (primary N) is 1. The second-order valence-electron chi connectivity index (χ2n) is 4.43. The van der Waals surface area contributed by atoms with Crippen LogP contribution >= 0.6 is 0 Å². The zero-order valence-electron chi connectivity index (χ0n) is 9.77. The number of hydrogen-bond donors (Lipinski definition) is 2. The smallest absolute Gasteiger partial charge is 0.110 e. The Kier molecular flexibility index (Phi) is 4.08. The first-order valence-electron chi connectivity index (χ1n) is 5.07. The molecule has 90 valence electrons. The van der Waals surface area contributed by atoms with Crippen molar-refractivity contribution in [1.82, 2.24) is 0 Å². The van der Waals surface area contributed by atoms with Crippen LogP contribution in [0.1, 0.15) is 13.8 Å². The van der Waals surface area contributed by atoms with Gasteiger partial charge in [-0.25, -0.2) is 0 Å². The third-order valence-corrected chi connectivity index (χ3v) is 2.93. The average Bonchev–Trinajstić information content (AvgIpc) is 2.16. The van der Waals surface area contributed by atoms with Gasteiger partial charge in [-0.1, -0.05) is 0 Å². The molecule has 15 heavy (non-hydrogen) atoms. The minimum atomic E-state index is -0.752. The largest absolute Gasteiger partial charge is 0.388 e. The monoisotopic (exact) mass is 219 g/mol. The SMILES string of the molecule is COCC1OC(C)(C)C(N)C(OC)C1O. The summed E-state index contributed by atoms with van der Waals surface area (Å²) in [4.78, 5) is 0. The summed E-state index contributed by atoms with van der Waals surface area (Å²) in [6, 6.07) is -0.356. The van der Waals surface area contributed by atoms with Gasteiger partial charge in [0.05, 0.1) is 18.2 Å². The molecule has 0 aromatic heterocycles. The van der Waals surface area contributed by atoms with Crippen LogP contribution < -0.4 is 5.73 Å². The maximum absolute atomic E-state index is 9.95. The van der Waals surface area contributed by atoms with E-state index in [-0.39, 0.29) is 6.04 Å². The topological polar surface area (TPSA) is 73.9 Å². The predicted octanol–water partition coefficient (Wildman–Crippen LogP) is -0.487. The van der Waals surface area contributed by atoms with Gasteiger partial charge in [0, 0.05) is 14.2 Å². The summed E-state index contributed by atoms with van der Waals surface area (Å²) in [5.41, 5.74) is 5.44. The normalized spacial score (nSPS) is 40.4. The van der Waals surface area contributed by atoms with Crippen LogP contribution in [-0.2, 0) is 14.2 Å². The maximum Gasteiger partial charge on any atom is 0.110 e. The molecule has 0 aromatic rings. The molecule has 1 saturated heterocycles. The maximum atomic E-state index is 9.95. The molecule has 1 fully saturated rings. The van der Waals surface area contributed by atoms with Gasteiger partial charge in [-0.3, -0.25) is 0 Å². The number of rotatable bonds is 3. The van der Waals surface area contributed by atoms with Crippen LogP contribution in [0.2, 0.25) is 0 Å². The zero-order valence-corrected chi connectivity index (χ0v) is 9.77. The van der Waals surface area contributed by atoms with E-state index in [9.17, 15) is 5.11 Å². The molecule has 0 radical (unpaired) electrons. The van der Waals surface area contributed by atoms with Crippen molar-refractivity contribution in [2.45, 2.75) is 43.8 Å².